The van der Waals surface area contributed by atoms with Gasteiger partial charge in [0, 0.05) is 12.2 Å². The van der Waals surface area contributed by atoms with E-state index in [0.717, 1.165) is 31.4 Å². The van der Waals surface area contributed by atoms with Crippen molar-refractivity contribution in [1.29, 1.82) is 0 Å². The first-order chi connectivity index (χ1) is 9.58. The van der Waals surface area contributed by atoms with Crippen LogP contribution >= 0.6 is 11.6 Å². The first-order valence-electron chi connectivity index (χ1n) is 6.62. The lowest BCUT2D eigenvalue weighted by Gasteiger charge is -2.30. The standard InChI is InChI=1S/C14H16ClN3O2/c1-14(6-2-3-7-19-14)13-17-12(20-18-13)9-4-5-10(15)11(16)8-9/h4-5,8H,2-3,6-7,16H2,1H3. The molecule has 3 rings (SSSR count). The third-order valence-electron chi connectivity index (χ3n) is 3.61. The Morgan fingerprint density at radius 3 is 2.90 bits per heavy atom. The minimum absolute atomic E-state index is 0.429. The molecule has 1 aliphatic heterocycles. The molecule has 2 aromatic rings. The van der Waals surface area contributed by atoms with Gasteiger partial charge >= 0.3 is 0 Å². The zero-order valence-electron chi connectivity index (χ0n) is 11.2. The van der Waals surface area contributed by atoms with Gasteiger partial charge in [0.25, 0.3) is 5.89 Å². The van der Waals surface area contributed by atoms with E-state index in [2.05, 4.69) is 10.1 Å². The Kier molecular flexibility index (Phi) is 3.40. The van der Waals surface area contributed by atoms with Crippen LogP contribution < -0.4 is 5.73 Å². The molecule has 1 saturated heterocycles. The maximum atomic E-state index is 5.91. The predicted octanol–water partition coefficient (Wildman–Crippen LogP) is 3.39. The predicted molar refractivity (Wildman–Crippen MR) is 76.3 cm³/mol. The summed E-state index contributed by atoms with van der Waals surface area (Å²) in [4.78, 5) is 4.45. The largest absolute Gasteiger partial charge is 0.398 e. The molecule has 20 heavy (non-hydrogen) atoms. The first-order valence-corrected chi connectivity index (χ1v) is 7.00. The molecule has 2 N–H and O–H groups in total. The van der Waals surface area contributed by atoms with E-state index in [9.17, 15) is 0 Å². The fraction of sp³-hybridized carbons (Fsp3) is 0.429. The Morgan fingerprint density at radius 1 is 1.35 bits per heavy atom. The first kappa shape index (κ1) is 13.4. The van der Waals surface area contributed by atoms with Crippen LogP contribution in [0.5, 0.6) is 0 Å². The summed E-state index contributed by atoms with van der Waals surface area (Å²) in [6, 6.07) is 5.25. The summed E-state index contributed by atoms with van der Waals surface area (Å²) in [5.41, 5.74) is 6.57. The zero-order valence-corrected chi connectivity index (χ0v) is 12.0. The lowest BCUT2D eigenvalue weighted by molar-refractivity contribution is -0.0770. The van der Waals surface area contributed by atoms with E-state index >= 15 is 0 Å². The van der Waals surface area contributed by atoms with Crippen LogP contribution in [0.3, 0.4) is 0 Å². The van der Waals surface area contributed by atoms with Crippen molar-refractivity contribution in [2.24, 2.45) is 0 Å². The minimum Gasteiger partial charge on any atom is -0.398 e. The van der Waals surface area contributed by atoms with Crippen molar-refractivity contribution in [2.75, 3.05) is 12.3 Å². The maximum Gasteiger partial charge on any atom is 0.258 e. The summed E-state index contributed by atoms with van der Waals surface area (Å²) in [6.45, 7) is 2.73. The van der Waals surface area contributed by atoms with Crippen LogP contribution in [0.2, 0.25) is 5.02 Å². The maximum absolute atomic E-state index is 5.91. The van der Waals surface area contributed by atoms with Gasteiger partial charge in [-0.25, -0.2) is 0 Å². The molecule has 0 amide bonds. The number of aromatic nitrogens is 2. The van der Waals surface area contributed by atoms with Crippen LogP contribution in [0.1, 0.15) is 32.0 Å². The lowest BCUT2D eigenvalue weighted by atomic mass is 9.95. The molecule has 1 aromatic carbocycles. The fourth-order valence-electron chi connectivity index (χ4n) is 2.34. The second-order valence-corrected chi connectivity index (χ2v) is 5.60. The highest BCUT2D eigenvalue weighted by Gasteiger charge is 2.35. The van der Waals surface area contributed by atoms with Gasteiger partial charge in [-0.1, -0.05) is 16.8 Å². The van der Waals surface area contributed by atoms with E-state index in [0.29, 0.717) is 22.4 Å². The fourth-order valence-corrected chi connectivity index (χ4v) is 2.46. The number of halogens is 1. The van der Waals surface area contributed by atoms with E-state index in [1.165, 1.54) is 0 Å². The monoisotopic (exact) mass is 293 g/mol. The number of nitrogens with two attached hydrogens (primary N) is 1. The van der Waals surface area contributed by atoms with Gasteiger partial charge in [-0.2, -0.15) is 4.98 Å². The Labute approximate surface area is 122 Å². The molecule has 1 fully saturated rings. The number of nitrogen functional groups attached to an aromatic ring is 1. The summed E-state index contributed by atoms with van der Waals surface area (Å²) in [5.74, 6) is 1.01. The van der Waals surface area contributed by atoms with Gasteiger partial charge in [0.1, 0.15) is 5.60 Å². The zero-order chi connectivity index (χ0) is 14.2. The van der Waals surface area contributed by atoms with Crippen LogP contribution in [-0.4, -0.2) is 16.7 Å². The smallest absolute Gasteiger partial charge is 0.258 e. The lowest BCUT2D eigenvalue weighted by Crippen LogP contribution is -2.31. The minimum atomic E-state index is -0.460. The van der Waals surface area contributed by atoms with Crippen molar-refractivity contribution >= 4 is 17.3 Å². The van der Waals surface area contributed by atoms with Gasteiger partial charge in [-0.15, -0.1) is 0 Å². The van der Waals surface area contributed by atoms with E-state index in [1.54, 1.807) is 18.2 Å². The van der Waals surface area contributed by atoms with Gasteiger partial charge < -0.3 is 15.0 Å². The number of anilines is 1. The number of hydrogen-bond acceptors (Lipinski definition) is 5. The van der Waals surface area contributed by atoms with Gasteiger partial charge in [0.15, 0.2) is 0 Å². The van der Waals surface area contributed by atoms with Crippen LogP contribution in [-0.2, 0) is 10.3 Å². The van der Waals surface area contributed by atoms with E-state index in [1.807, 2.05) is 6.92 Å². The van der Waals surface area contributed by atoms with Gasteiger partial charge in [-0.3, -0.25) is 0 Å². The average molecular weight is 294 g/mol. The molecule has 0 saturated carbocycles. The molecule has 0 radical (unpaired) electrons. The Balaban J connectivity index is 1.91. The summed E-state index contributed by atoms with van der Waals surface area (Å²) in [7, 11) is 0. The molecule has 1 atom stereocenters. The van der Waals surface area contributed by atoms with Crippen LogP contribution in [0.15, 0.2) is 22.7 Å². The van der Waals surface area contributed by atoms with E-state index < -0.39 is 5.60 Å². The van der Waals surface area contributed by atoms with Crippen molar-refractivity contribution < 1.29 is 9.26 Å². The molecule has 106 valence electrons. The third-order valence-corrected chi connectivity index (χ3v) is 3.95. The second kappa shape index (κ2) is 5.07. The molecular weight excluding hydrogens is 278 g/mol. The van der Waals surface area contributed by atoms with Gasteiger partial charge in [0.05, 0.1) is 10.7 Å². The highest BCUT2D eigenvalue weighted by atomic mass is 35.5. The highest BCUT2D eigenvalue weighted by Crippen LogP contribution is 2.34. The molecule has 1 unspecified atom stereocenters. The van der Waals surface area contributed by atoms with Gasteiger partial charge in [0.2, 0.25) is 5.82 Å². The molecule has 6 heteroatoms. The molecule has 0 aliphatic carbocycles. The summed E-state index contributed by atoms with van der Waals surface area (Å²) in [6.07, 6.45) is 3.08. The number of hydrogen-bond donors (Lipinski definition) is 1. The third kappa shape index (κ3) is 2.39. The Hall–Kier alpha value is -1.59. The van der Waals surface area contributed by atoms with Crippen molar-refractivity contribution in [1.82, 2.24) is 10.1 Å². The summed E-state index contributed by atoms with van der Waals surface area (Å²) < 4.78 is 11.1. The average Bonchev–Trinajstić information content (AvgIpc) is 2.93. The topological polar surface area (TPSA) is 74.2 Å². The molecule has 0 spiro atoms. The molecule has 2 heterocycles. The SMILES string of the molecule is CC1(c2noc(-c3ccc(Cl)c(N)c3)n2)CCCCO1. The molecule has 5 nitrogen and oxygen atoms in total. The van der Waals surface area contributed by atoms with Crippen LogP contribution in [0.25, 0.3) is 11.5 Å². The molecule has 1 aromatic heterocycles. The number of benzene rings is 1. The second-order valence-electron chi connectivity index (χ2n) is 5.20. The van der Waals surface area contributed by atoms with Crippen molar-refractivity contribution in [3.8, 4) is 11.5 Å². The number of rotatable bonds is 2. The van der Waals surface area contributed by atoms with Crippen molar-refractivity contribution in [3.05, 3.63) is 29.0 Å². The Bertz CT molecular complexity index is 621. The van der Waals surface area contributed by atoms with Crippen molar-refractivity contribution in [3.63, 3.8) is 0 Å². The quantitative estimate of drug-likeness (QED) is 0.859. The normalized spacial score (nSPS) is 22.9. The molecular formula is C14H16ClN3O2. The summed E-state index contributed by atoms with van der Waals surface area (Å²) in [5, 5.41) is 4.57. The molecule has 0 bridgehead atoms. The van der Waals surface area contributed by atoms with Crippen LogP contribution in [0.4, 0.5) is 5.69 Å². The highest BCUT2D eigenvalue weighted by molar-refractivity contribution is 6.33. The Morgan fingerprint density at radius 2 is 2.20 bits per heavy atom. The number of nitrogens with zero attached hydrogens (tertiary/aromatic N) is 2. The molecule has 1 aliphatic rings. The van der Waals surface area contributed by atoms with Crippen molar-refractivity contribution in [2.45, 2.75) is 31.8 Å². The van der Waals surface area contributed by atoms with E-state index in [-0.39, 0.29) is 0 Å². The summed E-state index contributed by atoms with van der Waals surface area (Å²) >= 11 is 5.91. The van der Waals surface area contributed by atoms with Gasteiger partial charge in [-0.05, 0) is 44.4 Å². The van der Waals surface area contributed by atoms with E-state index in [4.69, 9.17) is 26.6 Å². The van der Waals surface area contributed by atoms with Crippen LogP contribution in [0, 0.1) is 0 Å². The number of ether oxygens (including phenoxy) is 1.